The molecule has 2 N–H and O–H groups in total. The Morgan fingerprint density at radius 2 is 2.00 bits per heavy atom. The van der Waals surface area contributed by atoms with Crippen LogP contribution in [0.15, 0.2) is 24.3 Å². The molecule has 120 valence electrons. The summed E-state index contributed by atoms with van der Waals surface area (Å²) in [6.45, 7) is 6.05. The van der Waals surface area contributed by atoms with Gasteiger partial charge in [-0.1, -0.05) is 6.07 Å². The second-order valence-corrected chi connectivity index (χ2v) is 6.36. The number of hydrogen-bond donors (Lipinski definition) is 2. The standard InChI is InChI=1S/C17H26N4O/c1-18-12-17(22)19-15-3-2-4-16(11-15)21-9-7-20(8-10-21)13-14-5-6-14/h2-4,11,14,18H,5-10,12-13H2,1H3,(H,19,22). The fourth-order valence-corrected chi connectivity index (χ4v) is 3.00. The largest absolute Gasteiger partial charge is 0.369 e. The third-order valence-corrected chi connectivity index (χ3v) is 4.42. The van der Waals surface area contributed by atoms with Gasteiger partial charge in [-0.3, -0.25) is 9.69 Å². The number of hydrogen-bond acceptors (Lipinski definition) is 4. The molecule has 2 aliphatic rings. The van der Waals surface area contributed by atoms with E-state index >= 15 is 0 Å². The number of nitrogens with zero attached hydrogens (tertiary/aromatic N) is 2. The lowest BCUT2D eigenvalue weighted by atomic mass is 10.2. The molecule has 1 aliphatic carbocycles. The Hall–Kier alpha value is -1.59. The van der Waals surface area contributed by atoms with E-state index in [0.717, 1.165) is 37.8 Å². The van der Waals surface area contributed by atoms with Crippen molar-refractivity contribution in [3.8, 4) is 0 Å². The third-order valence-electron chi connectivity index (χ3n) is 4.42. The summed E-state index contributed by atoms with van der Waals surface area (Å²) in [5.41, 5.74) is 2.08. The van der Waals surface area contributed by atoms with Crippen molar-refractivity contribution < 1.29 is 4.79 Å². The van der Waals surface area contributed by atoms with Crippen LogP contribution < -0.4 is 15.5 Å². The van der Waals surface area contributed by atoms with Crippen molar-refractivity contribution in [3.63, 3.8) is 0 Å². The van der Waals surface area contributed by atoms with E-state index in [0.29, 0.717) is 6.54 Å². The van der Waals surface area contributed by atoms with Crippen LogP contribution in [0.5, 0.6) is 0 Å². The summed E-state index contributed by atoms with van der Waals surface area (Å²) in [6.07, 6.45) is 2.85. The number of carbonyl (C=O) groups excluding carboxylic acids is 1. The van der Waals surface area contributed by atoms with Crippen LogP contribution in [0.1, 0.15) is 12.8 Å². The van der Waals surface area contributed by atoms with Gasteiger partial charge in [-0.15, -0.1) is 0 Å². The van der Waals surface area contributed by atoms with Crippen LogP contribution >= 0.6 is 0 Å². The van der Waals surface area contributed by atoms with Crippen molar-refractivity contribution in [2.75, 3.05) is 56.5 Å². The summed E-state index contributed by atoms with van der Waals surface area (Å²) in [5.74, 6) is 0.964. The lowest BCUT2D eigenvalue weighted by Gasteiger charge is -2.36. The smallest absolute Gasteiger partial charge is 0.238 e. The van der Waals surface area contributed by atoms with Crippen LogP contribution in [0.3, 0.4) is 0 Å². The Morgan fingerprint density at radius 1 is 1.23 bits per heavy atom. The van der Waals surface area contributed by atoms with Crippen LogP contribution in [0.2, 0.25) is 0 Å². The number of anilines is 2. The number of piperazine rings is 1. The summed E-state index contributed by atoms with van der Waals surface area (Å²) in [7, 11) is 1.77. The normalized spacial score (nSPS) is 19.2. The van der Waals surface area contributed by atoms with Crippen molar-refractivity contribution in [2.24, 2.45) is 5.92 Å². The molecule has 1 heterocycles. The number of benzene rings is 1. The quantitative estimate of drug-likeness (QED) is 0.833. The molecular formula is C17H26N4O. The second kappa shape index (κ2) is 7.11. The summed E-state index contributed by atoms with van der Waals surface area (Å²) < 4.78 is 0. The van der Waals surface area contributed by atoms with Gasteiger partial charge in [-0.25, -0.2) is 0 Å². The Balaban J connectivity index is 1.54. The topological polar surface area (TPSA) is 47.6 Å². The molecule has 1 aromatic carbocycles. The zero-order valence-electron chi connectivity index (χ0n) is 13.3. The summed E-state index contributed by atoms with van der Waals surface area (Å²) in [4.78, 5) is 16.7. The first-order valence-corrected chi connectivity index (χ1v) is 8.26. The van der Waals surface area contributed by atoms with Gasteiger partial charge in [0.1, 0.15) is 0 Å². The van der Waals surface area contributed by atoms with Gasteiger partial charge < -0.3 is 15.5 Å². The molecule has 2 fully saturated rings. The molecule has 5 nitrogen and oxygen atoms in total. The molecule has 0 spiro atoms. The molecule has 1 aromatic rings. The monoisotopic (exact) mass is 302 g/mol. The van der Waals surface area contributed by atoms with Crippen molar-refractivity contribution in [3.05, 3.63) is 24.3 Å². The molecule has 1 aliphatic heterocycles. The van der Waals surface area contributed by atoms with Crippen molar-refractivity contribution in [2.45, 2.75) is 12.8 Å². The van der Waals surface area contributed by atoms with Crippen molar-refractivity contribution in [1.82, 2.24) is 10.2 Å². The first kappa shape index (κ1) is 15.3. The number of amides is 1. The highest BCUT2D eigenvalue weighted by Crippen LogP contribution is 2.30. The average molecular weight is 302 g/mol. The Kier molecular flexibility index (Phi) is 4.95. The zero-order valence-corrected chi connectivity index (χ0v) is 13.3. The highest BCUT2D eigenvalue weighted by molar-refractivity contribution is 5.92. The van der Waals surface area contributed by atoms with Gasteiger partial charge in [0.2, 0.25) is 5.91 Å². The van der Waals surface area contributed by atoms with Crippen molar-refractivity contribution >= 4 is 17.3 Å². The molecular weight excluding hydrogens is 276 g/mol. The summed E-state index contributed by atoms with van der Waals surface area (Å²) in [6, 6.07) is 8.16. The molecule has 1 saturated carbocycles. The Labute approximate surface area is 132 Å². The fraction of sp³-hybridized carbons (Fsp3) is 0.588. The van der Waals surface area contributed by atoms with Crippen LogP contribution in [0.4, 0.5) is 11.4 Å². The first-order chi connectivity index (χ1) is 10.7. The van der Waals surface area contributed by atoms with Gasteiger partial charge in [-0.2, -0.15) is 0 Å². The lowest BCUT2D eigenvalue weighted by molar-refractivity contribution is -0.115. The minimum Gasteiger partial charge on any atom is -0.369 e. The van der Waals surface area contributed by atoms with Gasteiger partial charge in [0.15, 0.2) is 0 Å². The first-order valence-electron chi connectivity index (χ1n) is 8.26. The Bertz CT molecular complexity index is 507. The molecule has 3 rings (SSSR count). The molecule has 0 atom stereocenters. The number of rotatable bonds is 6. The van der Waals surface area contributed by atoms with E-state index < -0.39 is 0 Å². The molecule has 5 heteroatoms. The molecule has 22 heavy (non-hydrogen) atoms. The minimum atomic E-state index is -0.00565. The van der Waals surface area contributed by atoms with Crippen LogP contribution in [0.25, 0.3) is 0 Å². The highest BCUT2D eigenvalue weighted by Gasteiger charge is 2.26. The van der Waals surface area contributed by atoms with Crippen LogP contribution in [-0.4, -0.2) is 57.1 Å². The van der Waals surface area contributed by atoms with E-state index in [9.17, 15) is 4.79 Å². The zero-order chi connectivity index (χ0) is 15.4. The predicted octanol–water partition coefficient (Wildman–Crippen LogP) is 1.38. The van der Waals surface area contributed by atoms with Crippen LogP contribution in [0, 0.1) is 5.92 Å². The average Bonchev–Trinajstić information content (AvgIpc) is 3.32. The molecule has 0 radical (unpaired) electrons. The van der Waals surface area contributed by atoms with Crippen LogP contribution in [-0.2, 0) is 4.79 Å². The SMILES string of the molecule is CNCC(=O)Nc1cccc(N2CCN(CC3CC3)CC2)c1. The van der Waals surface area contributed by atoms with Gasteiger partial charge in [0.05, 0.1) is 6.54 Å². The highest BCUT2D eigenvalue weighted by atomic mass is 16.1. The van der Waals surface area contributed by atoms with Gasteiger partial charge in [0.25, 0.3) is 0 Å². The lowest BCUT2D eigenvalue weighted by Crippen LogP contribution is -2.47. The van der Waals surface area contributed by atoms with Gasteiger partial charge >= 0.3 is 0 Å². The minimum absolute atomic E-state index is 0.00565. The maximum absolute atomic E-state index is 11.7. The third kappa shape index (κ3) is 4.21. The number of likely N-dealkylation sites (N-methyl/N-ethyl adjacent to an activating group) is 1. The number of nitrogens with one attached hydrogen (secondary N) is 2. The maximum atomic E-state index is 11.7. The molecule has 0 aromatic heterocycles. The van der Waals surface area contributed by atoms with E-state index in [2.05, 4.69) is 32.6 Å². The van der Waals surface area contributed by atoms with E-state index in [1.807, 2.05) is 12.1 Å². The van der Waals surface area contributed by atoms with E-state index in [1.54, 1.807) is 7.05 Å². The summed E-state index contributed by atoms with van der Waals surface area (Å²) >= 11 is 0. The number of carbonyl (C=O) groups is 1. The van der Waals surface area contributed by atoms with E-state index in [1.165, 1.54) is 25.1 Å². The molecule has 1 amide bonds. The molecule has 0 bridgehead atoms. The summed E-state index contributed by atoms with van der Waals surface area (Å²) in [5, 5.41) is 5.79. The van der Waals surface area contributed by atoms with Gasteiger partial charge in [-0.05, 0) is 44.0 Å². The van der Waals surface area contributed by atoms with Gasteiger partial charge in [0, 0.05) is 44.1 Å². The van der Waals surface area contributed by atoms with E-state index in [4.69, 9.17) is 0 Å². The predicted molar refractivity (Wildman–Crippen MR) is 90.4 cm³/mol. The van der Waals surface area contributed by atoms with E-state index in [-0.39, 0.29) is 5.91 Å². The van der Waals surface area contributed by atoms with Crippen molar-refractivity contribution in [1.29, 1.82) is 0 Å². The molecule has 0 unspecified atom stereocenters. The molecule has 1 saturated heterocycles. The maximum Gasteiger partial charge on any atom is 0.238 e. The second-order valence-electron chi connectivity index (χ2n) is 6.36. The fourth-order valence-electron chi connectivity index (χ4n) is 3.00. The Morgan fingerprint density at radius 3 is 2.68 bits per heavy atom.